The van der Waals surface area contributed by atoms with Gasteiger partial charge in [-0.25, -0.2) is 4.79 Å². The maximum absolute atomic E-state index is 13.0. The number of aromatic nitrogens is 3. The van der Waals surface area contributed by atoms with Crippen LogP contribution in [0.5, 0.6) is 0 Å². The molecule has 1 atom stereocenters. The van der Waals surface area contributed by atoms with Gasteiger partial charge in [0.15, 0.2) is 0 Å². The van der Waals surface area contributed by atoms with E-state index in [0.29, 0.717) is 0 Å². The molecule has 180 valence electrons. The highest BCUT2D eigenvalue weighted by atomic mass is 19.4. The number of hydrogen-bond donors (Lipinski definition) is 1. The van der Waals surface area contributed by atoms with Gasteiger partial charge in [-0.1, -0.05) is 0 Å². The molecule has 4 rings (SSSR count). The maximum atomic E-state index is 13.0. The van der Waals surface area contributed by atoms with Crippen molar-refractivity contribution in [3.05, 3.63) is 46.1 Å². The van der Waals surface area contributed by atoms with Crippen LogP contribution < -0.4 is 10.5 Å². The van der Waals surface area contributed by atoms with E-state index >= 15 is 0 Å². The van der Waals surface area contributed by atoms with Gasteiger partial charge in [0.1, 0.15) is 0 Å². The van der Waals surface area contributed by atoms with Crippen LogP contribution in [-0.4, -0.2) is 62.0 Å². The number of nitrogens with zero attached hydrogens (tertiary/aromatic N) is 5. The molecule has 2 saturated heterocycles. The topological polar surface area (TPSA) is 101 Å². The monoisotopic (exact) mass is 469 g/mol. The molecular formula is C21H26F3N5O4. The number of halogens is 3. The van der Waals surface area contributed by atoms with Gasteiger partial charge in [0.25, 0.3) is 0 Å². The number of carboxylic acids is 1. The van der Waals surface area contributed by atoms with Crippen LogP contribution in [0, 0.1) is 12.3 Å². The van der Waals surface area contributed by atoms with Crippen molar-refractivity contribution in [1.29, 1.82) is 0 Å². The Kier molecular flexibility index (Phi) is 6.68. The van der Waals surface area contributed by atoms with E-state index in [9.17, 15) is 22.8 Å². The number of rotatable bonds is 3. The Morgan fingerprint density at radius 1 is 1.21 bits per heavy atom. The molecule has 0 saturated carbocycles. The number of aliphatic carboxylic acids is 1. The molecule has 12 heteroatoms. The molecule has 1 N–H and O–H groups in total. The molecule has 1 unspecified atom stereocenters. The molecule has 9 nitrogen and oxygen atoms in total. The molecule has 2 aliphatic heterocycles. The highest BCUT2D eigenvalue weighted by Crippen LogP contribution is 2.42. The van der Waals surface area contributed by atoms with Gasteiger partial charge in [-0.15, -0.1) is 0 Å². The predicted octanol–water partition coefficient (Wildman–Crippen LogP) is 1.69. The molecule has 1 spiro atoms. The Morgan fingerprint density at radius 2 is 1.88 bits per heavy atom. The zero-order valence-corrected chi connectivity index (χ0v) is 18.6. The molecule has 2 aromatic heterocycles. The number of anilines is 1. The van der Waals surface area contributed by atoms with Crippen LogP contribution in [0.3, 0.4) is 0 Å². The fourth-order valence-corrected chi connectivity index (χ4v) is 4.29. The second-order valence-corrected chi connectivity index (χ2v) is 8.53. The number of carboxylic acid groups (broad SMARTS) is 1. The van der Waals surface area contributed by atoms with Crippen LogP contribution >= 0.6 is 0 Å². The van der Waals surface area contributed by atoms with Gasteiger partial charge in [0, 0.05) is 46.0 Å². The third kappa shape index (κ3) is 5.27. The molecule has 0 aromatic carbocycles. The number of pyridine rings is 1. The Bertz CT molecular complexity index is 1110. The number of hydrogen-bond acceptors (Lipinski definition) is 5. The average molecular weight is 469 g/mol. The Balaban J connectivity index is 0.000000383. The van der Waals surface area contributed by atoms with E-state index in [4.69, 9.17) is 9.90 Å². The van der Waals surface area contributed by atoms with Crippen LogP contribution in [0.4, 0.5) is 18.9 Å². The smallest absolute Gasteiger partial charge is 0.475 e. The summed E-state index contributed by atoms with van der Waals surface area (Å²) in [5, 5.41) is 11.5. The zero-order valence-electron chi connectivity index (χ0n) is 18.6. The molecule has 0 radical (unpaired) electrons. The molecular weight excluding hydrogens is 443 g/mol. The van der Waals surface area contributed by atoms with E-state index < -0.39 is 12.1 Å². The molecule has 4 heterocycles. The first-order valence-corrected chi connectivity index (χ1v) is 10.3. The first-order chi connectivity index (χ1) is 15.3. The Labute approximate surface area is 188 Å². The first-order valence-electron chi connectivity index (χ1n) is 10.3. The summed E-state index contributed by atoms with van der Waals surface area (Å²) in [5.41, 5.74) is 2.67. The van der Waals surface area contributed by atoms with Crippen LogP contribution in [0.15, 0.2) is 29.2 Å². The third-order valence-electron chi connectivity index (χ3n) is 5.92. The van der Waals surface area contributed by atoms with Gasteiger partial charge in [0.05, 0.1) is 22.5 Å². The highest BCUT2D eigenvalue weighted by molar-refractivity contribution is 6.04. The summed E-state index contributed by atoms with van der Waals surface area (Å²) < 4.78 is 35.2. The second-order valence-electron chi connectivity index (χ2n) is 8.53. The minimum Gasteiger partial charge on any atom is -0.475 e. The summed E-state index contributed by atoms with van der Waals surface area (Å²) in [4.78, 5) is 37.6. The van der Waals surface area contributed by atoms with Gasteiger partial charge < -0.3 is 14.6 Å². The lowest BCUT2D eigenvalue weighted by Gasteiger charge is -2.53. The number of carbonyl (C=O) groups excluding carboxylic acids is 1. The first kappa shape index (κ1) is 24.5. The van der Waals surface area contributed by atoms with E-state index in [-0.39, 0.29) is 16.9 Å². The Hall–Kier alpha value is -3.15. The van der Waals surface area contributed by atoms with E-state index in [1.54, 1.807) is 24.2 Å². The predicted molar refractivity (Wildman–Crippen MR) is 113 cm³/mol. The van der Waals surface area contributed by atoms with Gasteiger partial charge in [-0.05, 0) is 38.4 Å². The normalized spacial score (nSPS) is 20.9. The number of carbonyl (C=O) groups is 2. The van der Waals surface area contributed by atoms with E-state index in [0.717, 1.165) is 50.4 Å². The maximum Gasteiger partial charge on any atom is 0.490 e. The van der Waals surface area contributed by atoms with Crippen molar-refractivity contribution < 1.29 is 27.9 Å². The van der Waals surface area contributed by atoms with Gasteiger partial charge in [0.2, 0.25) is 11.5 Å². The van der Waals surface area contributed by atoms with E-state index in [2.05, 4.69) is 16.1 Å². The van der Waals surface area contributed by atoms with Crippen LogP contribution in [0.1, 0.15) is 24.2 Å². The van der Waals surface area contributed by atoms with Crippen molar-refractivity contribution in [2.45, 2.75) is 32.5 Å². The third-order valence-corrected chi connectivity index (χ3v) is 5.92. The van der Waals surface area contributed by atoms with Gasteiger partial charge in [-0.3, -0.25) is 19.2 Å². The van der Waals surface area contributed by atoms with Crippen molar-refractivity contribution in [1.82, 2.24) is 19.2 Å². The summed E-state index contributed by atoms with van der Waals surface area (Å²) in [7, 11) is 3.68. The van der Waals surface area contributed by atoms with Crippen molar-refractivity contribution in [3.8, 4) is 0 Å². The van der Waals surface area contributed by atoms with E-state index in [1.807, 2.05) is 18.7 Å². The summed E-state index contributed by atoms with van der Waals surface area (Å²) >= 11 is 0. The van der Waals surface area contributed by atoms with Crippen molar-refractivity contribution in [3.63, 3.8) is 0 Å². The zero-order chi connectivity index (χ0) is 24.6. The van der Waals surface area contributed by atoms with Crippen molar-refractivity contribution in [2.75, 3.05) is 24.5 Å². The molecule has 2 aliphatic rings. The lowest BCUT2D eigenvalue weighted by Crippen LogP contribution is -2.67. The number of amides is 1. The summed E-state index contributed by atoms with van der Waals surface area (Å²) in [6, 6.07) is 5.37. The van der Waals surface area contributed by atoms with Crippen molar-refractivity contribution >= 4 is 17.6 Å². The lowest BCUT2D eigenvalue weighted by atomic mass is 9.72. The lowest BCUT2D eigenvalue weighted by molar-refractivity contribution is -0.192. The minimum atomic E-state index is -5.08. The molecule has 2 fully saturated rings. The average Bonchev–Trinajstić information content (AvgIpc) is 3.05. The summed E-state index contributed by atoms with van der Waals surface area (Å²) in [6.07, 6.45) is -1.37. The minimum absolute atomic E-state index is 0.0632. The fraction of sp³-hybridized carbons (Fsp3) is 0.524. The largest absolute Gasteiger partial charge is 0.490 e. The van der Waals surface area contributed by atoms with Gasteiger partial charge in [-0.2, -0.15) is 18.3 Å². The number of β-lactam (4-membered cyclic amide) rings is 1. The quantitative estimate of drug-likeness (QED) is 0.687. The molecule has 1 amide bonds. The molecule has 0 bridgehead atoms. The fourth-order valence-electron chi connectivity index (χ4n) is 4.29. The Morgan fingerprint density at radius 3 is 2.39 bits per heavy atom. The van der Waals surface area contributed by atoms with E-state index in [1.165, 1.54) is 16.3 Å². The number of alkyl halides is 3. The molecule has 2 aromatic rings. The van der Waals surface area contributed by atoms with Gasteiger partial charge >= 0.3 is 12.1 Å². The highest BCUT2D eigenvalue weighted by Gasteiger charge is 2.54. The van der Waals surface area contributed by atoms with Crippen LogP contribution in [0.25, 0.3) is 0 Å². The second kappa shape index (κ2) is 9.00. The van der Waals surface area contributed by atoms with Crippen LogP contribution in [-0.2, 0) is 30.2 Å². The molecule has 33 heavy (non-hydrogen) atoms. The summed E-state index contributed by atoms with van der Waals surface area (Å²) in [6.45, 7) is 5.36. The number of likely N-dealkylation sites (tertiary alicyclic amines) is 1. The standard InChI is InChI=1S/C19H25N5O2.C2HF3O2/c1-14-9-16(22(3)20-14)11-23-8-4-7-19(12-23)13-24(18(19)26)15-5-6-17(25)21(2)10-15;3-2(4,5)1(6)7/h5-6,9-10H,4,7-8,11-13H2,1-3H3;(H,6,7). The SMILES string of the molecule is Cc1cc(CN2CCCC3(C2)CN(c2ccc(=O)n(C)c2)C3=O)n(C)n1.O=C(O)C(F)(F)F. The molecule has 0 aliphatic carbocycles. The van der Waals surface area contributed by atoms with Crippen LogP contribution in [0.2, 0.25) is 0 Å². The number of piperidine rings is 1. The van der Waals surface area contributed by atoms with Crippen molar-refractivity contribution in [2.24, 2.45) is 19.5 Å². The summed E-state index contributed by atoms with van der Waals surface area (Å²) in [5.74, 6) is -2.57. The number of aryl methyl sites for hydroxylation is 3.